The number of para-hydroxylation sites is 2. The molecule has 76 heavy (non-hydrogen) atoms. The summed E-state index contributed by atoms with van der Waals surface area (Å²) in [5.41, 5.74) is 34.9. The van der Waals surface area contributed by atoms with Gasteiger partial charge in [-0.05, 0) is 203 Å². The van der Waals surface area contributed by atoms with Gasteiger partial charge < -0.3 is 9.13 Å². The van der Waals surface area contributed by atoms with Crippen molar-refractivity contribution in [3.05, 3.63) is 237 Å². The third kappa shape index (κ3) is 5.67. The average Bonchev–Trinajstić information content (AvgIpc) is 4.15. The van der Waals surface area contributed by atoms with E-state index in [1.807, 2.05) is 0 Å². The summed E-state index contributed by atoms with van der Waals surface area (Å²) in [6.45, 7) is 19.7. The molecule has 0 radical (unpaired) electrons. The molecule has 16 rings (SSSR count). The lowest BCUT2D eigenvalue weighted by Crippen LogP contribution is -2.24. The molecule has 11 aromatic rings. The van der Waals surface area contributed by atoms with Crippen molar-refractivity contribution in [2.45, 2.75) is 103 Å². The van der Waals surface area contributed by atoms with Crippen LogP contribution in [0.1, 0.15) is 147 Å². The first kappa shape index (κ1) is 44.4. The zero-order chi connectivity index (χ0) is 51.3. The van der Waals surface area contributed by atoms with Gasteiger partial charge >= 0.3 is 0 Å². The molecule has 0 fully saturated rings. The number of fused-ring (bicyclic) bond motifs is 14. The molecule has 0 spiro atoms. The molecule has 5 aliphatic rings. The van der Waals surface area contributed by atoms with Crippen LogP contribution in [-0.4, -0.2) is 9.13 Å². The van der Waals surface area contributed by atoms with Gasteiger partial charge in [-0.15, -0.1) is 0 Å². The molecule has 2 aromatic heterocycles. The van der Waals surface area contributed by atoms with Crippen LogP contribution in [0.4, 0.5) is 0 Å². The SMILES string of the molecule is CC1c2cc3c4c(n(-c5ccccc5)c3c3c2-c2c(cc5c6cc(-c7ccc8c(c7)-c7ccccc7C8(C)C)ccc6n(-c6ccccc6)c5c2C(C)C3C)C1C)CCC(c1ccc2c(c1)-c1ccccc1C2(C)C)=C4. The van der Waals surface area contributed by atoms with Crippen LogP contribution in [0, 0.1) is 0 Å². The normalized spacial score (nSPS) is 19.8. The van der Waals surface area contributed by atoms with Crippen LogP contribution in [-0.2, 0) is 17.3 Å². The van der Waals surface area contributed by atoms with Gasteiger partial charge in [0.25, 0.3) is 0 Å². The van der Waals surface area contributed by atoms with Crippen molar-refractivity contribution < 1.29 is 0 Å². The molecule has 2 heterocycles. The maximum absolute atomic E-state index is 2.70. The lowest BCUT2D eigenvalue weighted by atomic mass is 9.62. The Hall–Kier alpha value is -7.94. The fraction of sp³-hybridized carbons (Fsp3) is 0.216. The highest BCUT2D eigenvalue weighted by atomic mass is 15.0. The first-order chi connectivity index (χ1) is 36.9. The van der Waals surface area contributed by atoms with Crippen molar-refractivity contribution in [1.29, 1.82) is 0 Å². The van der Waals surface area contributed by atoms with Crippen LogP contribution in [0.25, 0.3) is 100 Å². The molecule has 0 bridgehead atoms. The van der Waals surface area contributed by atoms with Gasteiger partial charge in [0.15, 0.2) is 0 Å². The first-order valence-electron chi connectivity index (χ1n) is 28.1. The Labute approximate surface area is 447 Å². The van der Waals surface area contributed by atoms with E-state index in [1.54, 1.807) is 0 Å². The van der Waals surface area contributed by atoms with Crippen molar-refractivity contribution >= 4 is 44.4 Å². The molecule has 9 aromatic carbocycles. The molecule has 368 valence electrons. The van der Waals surface area contributed by atoms with Gasteiger partial charge in [-0.2, -0.15) is 0 Å². The summed E-state index contributed by atoms with van der Waals surface area (Å²) in [6, 6.07) is 67.8. The third-order valence-corrected chi connectivity index (χ3v) is 20.1. The summed E-state index contributed by atoms with van der Waals surface area (Å²) >= 11 is 0. The van der Waals surface area contributed by atoms with Gasteiger partial charge in [-0.3, -0.25) is 0 Å². The van der Waals surface area contributed by atoms with Crippen molar-refractivity contribution in [2.24, 2.45) is 0 Å². The Kier molecular flexibility index (Phi) is 8.96. The largest absolute Gasteiger partial charge is 0.313 e. The molecule has 2 heteroatoms. The summed E-state index contributed by atoms with van der Waals surface area (Å²) in [7, 11) is 0. The molecule has 0 saturated heterocycles. The molecule has 4 unspecified atom stereocenters. The van der Waals surface area contributed by atoms with E-state index >= 15 is 0 Å². The number of allylic oxidation sites excluding steroid dienone is 1. The van der Waals surface area contributed by atoms with E-state index in [2.05, 4.69) is 247 Å². The summed E-state index contributed by atoms with van der Waals surface area (Å²) in [5.74, 6) is 1.15. The van der Waals surface area contributed by atoms with Crippen molar-refractivity contribution in [1.82, 2.24) is 9.13 Å². The molecule has 0 amide bonds. The van der Waals surface area contributed by atoms with E-state index in [9.17, 15) is 0 Å². The molecule has 2 nitrogen and oxygen atoms in total. The average molecular weight is 979 g/mol. The Bertz CT molecular complexity index is 4400. The quantitative estimate of drug-likeness (QED) is 0.166. The number of rotatable bonds is 4. The van der Waals surface area contributed by atoms with E-state index < -0.39 is 0 Å². The Morgan fingerprint density at radius 2 is 0.868 bits per heavy atom. The molecule has 0 N–H and O–H groups in total. The topological polar surface area (TPSA) is 9.86 Å². The second-order valence-electron chi connectivity index (χ2n) is 24.4. The Morgan fingerprint density at radius 1 is 0.395 bits per heavy atom. The van der Waals surface area contributed by atoms with Gasteiger partial charge in [0.05, 0.1) is 16.6 Å². The number of aromatic nitrogens is 2. The van der Waals surface area contributed by atoms with E-state index in [0.29, 0.717) is 11.8 Å². The molecular formula is C74H62N2. The van der Waals surface area contributed by atoms with E-state index in [-0.39, 0.29) is 22.7 Å². The van der Waals surface area contributed by atoms with Crippen LogP contribution in [0.3, 0.4) is 0 Å². The van der Waals surface area contributed by atoms with Crippen LogP contribution in [0.15, 0.2) is 176 Å². The summed E-state index contributed by atoms with van der Waals surface area (Å²) < 4.78 is 5.32. The number of hydrogen-bond acceptors (Lipinski definition) is 0. The van der Waals surface area contributed by atoms with E-state index in [4.69, 9.17) is 0 Å². The minimum absolute atomic E-state index is 0.00930. The highest BCUT2D eigenvalue weighted by Crippen LogP contribution is 2.62. The molecule has 5 aliphatic carbocycles. The number of benzene rings is 9. The predicted octanol–water partition coefficient (Wildman–Crippen LogP) is 19.6. The maximum Gasteiger partial charge on any atom is 0.0582 e. The van der Waals surface area contributed by atoms with Crippen LogP contribution < -0.4 is 0 Å². The van der Waals surface area contributed by atoms with E-state index in [1.165, 1.54) is 155 Å². The van der Waals surface area contributed by atoms with Crippen LogP contribution in [0.5, 0.6) is 0 Å². The fourth-order valence-corrected chi connectivity index (χ4v) is 15.8. The standard InChI is InChI=1S/C74H62N2/c1-41-42(2)54-40-60-58-38-48(46-28-32-64-56(36-46)52-24-16-18-26-62(52)74(64,7)8)30-34-66(58)76(50-21-13-10-14-22-50)72(60)68-44(4)43(3)67-69(70(54)68)53(41)39-59-57-37-47(29-33-65(57)75(71(59)67)49-19-11-9-12-20-49)45-27-31-63-55(35-45)51-23-15-17-25-61(51)73(63,5)6/h9-29,31-33,35-44H,30,34H2,1-8H3. The van der Waals surface area contributed by atoms with Gasteiger partial charge in [0.2, 0.25) is 0 Å². The first-order valence-corrected chi connectivity index (χ1v) is 28.1. The predicted molar refractivity (Wildman–Crippen MR) is 320 cm³/mol. The van der Waals surface area contributed by atoms with Crippen LogP contribution >= 0.6 is 0 Å². The minimum Gasteiger partial charge on any atom is -0.313 e. The second-order valence-corrected chi connectivity index (χ2v) is 24.4. The summed E-state index contributed by atoms with van der Waals surface area (Å²) in [4.78, 5) is 0. The zero-order valence-corrected chi connectivity index (χ0v) is 44.9. The van der Waals surface area contributed by atoms with Gasteiger partial charge in [-0.1, -0.05) is 171 Å². The highest BCUT2D eigenvalue weighted by molar-refractivity contribution is 6.15. The second kappa shape index (κ2) is 15.4. The lowest BCUT2D eigenvalue weighted by Gasteiger charge is -2.42. The number of hydrogen-bond donors (Lipinski definition) is 0. The van der Waals surface area contributed by atoms with Crippen molar-refractivity contribution in [2.75, 3.05) is 0 Å². The smallest absolute Gasteiger partial charge is 0.0582 e. The molecule has 0 aliphatic heterocycles. The summed E-state index contributed by atoms with van der Waals surface area (Å²) in [5, 5.41) is 4.11. The number of nitrogens with zero attached hydrogens (tertiary/aromatic N) is 2. The van der Waals surface area contributed by atoms with Gasteiger partial charge in [-0.25, -0.2) is 0 Å². The van der Waals surface area contributed by atoms with E-state index in [0.717, 1.165) is 12.8 Å². The Balaban J connectivity index is 0.942. The minimum atomic E-state index is -0.0244. The lowest BCUT2D eigenvalue weighted by molar-refractivity contribution is 0.584. The molecule has 4 atom stereocenters. The third-order valence-electron chi connectivity index (χ3n) is 20.1. The molecular weight excluding hydrogens is 917 g/mol. The van der Waals surface area contributed by atoms with Crippen LogP contribution in [0.2, 0.25) is 0 Å². The maximum atomic E-state index is 2.70. The van der Waals surface area contributed by atoms with Gasteiger partial charge in [0, 0.05) is 49.6 Å². The van der Waals surface area contributed by atoms with Crippen molar-refractivity contribution in [3.8, 4) is 55.9 Å². The fourth-order valence-electron chi connectivity index (χ4n) is 15.8. The van der Waals surface area contributed by atoms with Gasteiger partial charge in [0.1, 0.15) is 0 Å². The summed E-state index contributed by atoms with van der Waals surface area (Å²) in [6.07, 6.45) is 4.59. The zero-order valence-electron chi connectivity index (χ0n) is 44.9. The van der Waals surface area contributed by atoms with Crippen molar-refractivity contribution in [3.63, 3.8) is 0 Å². The highest BCUT2D eigenvalue weighted by Gasteiger charge is 2.44. The monoisotopic (exact) mass is 978 g/mol. The Morgan fingerprint density at radius 3 is 1.47 bits per heavy atom. The molecule has 0 saturated carbocycles.